The van der Waals surface area contributed by atoms with Crippen molar-refractivity contribution in [3.05, 3.63) is 17.6 Å². The number of piperidine rings is 1. The van der Waals surface area contributed by atoms with Gasteiger partial charge in [0.15, 0.2) is 0 Å². The molecule has 2 fully saturated rings. The second-order valence-electron chi connectivity index (χ2n) is 7.34. The summed E-state index contributed by atoms with van der Waals surface area (Å²) in [4.78, 5) is 25.9. The summed E-state index contributed by atoms with van der Waals surface area (Å²) >= 11 is 0. The Labute approximate surface area is 155 Å². The summed E-state index contributed by atoms with van der Waals surface area (Å²) in [5, 5.41) is 0. The molecule has 0 bridgehead atoms. The van der Waals surface area contributed by atoms with Crippen molar-refractivity contribution < 1.29 is 14.3 Å². The molecule has 1 atom stereocenters. The standard InChI is InChI=1S/C19H30N4O3/c1-14(2)26-13-19(24)23-6-4-5-16(12-23)17-11-18(21-15(3)20-17)22-7-9-25-10-8-22/h11,14,16H,4-10,12-13H2,1-3H3/t16-/m1/s1. The van der Waals surface area contributed by atoms with Crippen LogP contribution in [0.15, 0.2) is 6.07 Å². The SMILES string of the molecule is Cc1nc([C@@H]2CCCN(C(=O)COC(C)C)C2)cc(N2CCOCC2)n1. The van der Waals surface area contributed by atoms with Crippen molar-refractivity contribution in [3.63, 3.8) is 0 Å². The van der Waals surface area contributed by atoms with E-state index >= 15 is 0 Å². The highest BCUT2D eigenvalue weighted by molar-refractivity contribution is 5.77. The number of hydrogen-bond acceptors (Lipinski definition) is 6. The van der Waals surface area contributed by atoms with Crippen LogP contribution in [0, 0.1) is 6.92 Å². The maximum atomic E-state index is 12.4. The van der Waals surface area contributed by atoms with Crippen molar-refractivity contribution in [3.8, 4) is 0 Å². The van der Waals surface area contributed by atoms with Gasteiger partial charge in [0.2, 0.25) is 5.91 Å². The number of rotatable bonds is 5. The molecule has 3 rings (SSSR count). The Morgan fingerprint density at radius 3 is 2.81 bits per heavy atom. The van der Waals surface area contributed by atoms with Gasteiger partial charge in [-0.3, -0.25) is 4.79 Å². The lowest BCUT2D eigenvalue weighted by Gasteiger charge is -2.33. The van der Waals surface area contributed by atoms with Crippen LogP contribution in [0.4, 0.5) is 5.82 Å². The highest BCUT2D eigenvalue weighted by atomic mass is 16.5. The van der Waals surface area contributed by atoms with Gasteiger partial charge >= 0.3 is 0 Å². The van der Waals surface area contributed by atoms with Crippen molar-refractivity contribution in [1.29, 1.82) is 0 Å². The number of carbonyl (C=O) groups is 1. The van der Waals surface area contributed by atoms with Crippen molar-refractivity contribution in [1.82, 2.24) is 14.9 Å². The molecule has 0 unspecified atom stereocenters. The Hall–Kier alpha value is -1.73. The first kappa shape index (κ1) is 19.0. The zero-order valence-corrected chi connectivity index (χ0v) is 16.1. The van der Waals surface area contributed by atoms with Crippen LogP contribution < -0.4 is 4.90 Å². The fraction of sp³-hybridized carbons (Fsp3) is 0.737. The average Bonchev–Trinajstić information content (AvgIpc) is 2.66. The Morgan fingerprint density at radius 1 is 1.31 bits per heavy atom. The number of likely N-dealkylation sites (tertiary alicyclic amines) is 1. The number of hydrogen-bond donors (Lipinski definition) is 0. The van der Waals surface area contributed by atoms with Gasteiger partial charge < -0.3 is 19.3 Å². The van der Waals surface area contributed by atoms with Gasteiger partial charge in [0.1, 0.15) is 18.2 Å². The number of aryl methyl sites for hydroxylation is 1. The van der Waals surface area contributed by atoms with Crippen LogP contribution in [0.1, 0.15) is 44.1 Å². The van der Waals surface area contributed by atoms with Crippen molar-refractivity contribution in [2.24, 2.45) is 0 Å². The van der Waals surface area contributed by atoms with E-state index in [2.05, 4.69) is 20.9 Å². The molecule has 3 heterocycles. The van der Waals surface area contributed by atoms with E-state index in [0.29, 0.717) is 6.54 Å². The number of ether oxygens (including phenoxy) is 2. The van der Waals surface area contributed by atoms with Gasteiger partial charge in [-0.15, -0.1) is 0 Å². The third kappa shape index (κ3) is 4.92. The third-order valence-corrected chi connectivity index (χ3v) is 4.91. The number of anilines is 1. The zero-order chi connectivity index (χ0) is 18.5. The average molecular weight is 362 g/mol. The Bertz CT molecular complexity index is 617. The molecule has 0 N–H and O–H groups in total. The van der Waals surface area contributed by atoms with Crippen LogP contribution in [-0.4, -0.2) is 72.9 Å². The highest BCUT2D eigenvalue weighted by Gasteiger charge is 2.27. The number of aromatic nitrogens is 2. The molecular weight excluding hydrogens is 332 g/mol. The topological polar surface area (TPSA) is 67.8 Å². The maximum absolute atomic E-state index is 12.4. The van der Waals surface area contributed by atoms with Crippen LogP contribution in [0.2, 0.25) is 0 Å². The summed E-state index contributed by atoms with van der Waals surface area (Å²) in [5.41, 5.74) is 1.04. The number of morpholine rings is 1. The van der Waals surface area contributed by atoms with E-state index in [-0.39, 0.29) is 24.5 Å². The highest BCUT2D eigenvalue weighted by Crippen LogP contribution is 2.28. The van der Waals surface area contributed by atoms with Crippen LogP contribution in [-0.2, 0) is 14.3 Å². The van der Waals surface area contributed by atoms with Crippen LogP contribution in [0.3, 0.4) is 0 Å². The fourth-order valence-corrected chi connectivity index (χ4v) is 3.51. The van der Waals surface area contributed by atoms with Gasteiger partial charge in [0.05, 0.1) is 25.0 Å². The number of carbonyl (C=O) groups excluding carboxylic acids is 1. The fourth-order valence-electron chi connectivity index (χ4n) is 3.51. The van der Waals surface area contributed by atoms with E-state index in [1.165, 1.54) is 0 Å². The maximum Gasteiger partial charge on any atom is 0.248 e. The summed E-state index contributed by atoms with van der Waals surface area (Å²) in [5.74, 6) is 2.09. The summed E-state index contributed by atoms with van der Waals surface area (Å²) in [6.45, 7) is 10.7. The van der Waals surface area contributed by atoms with Crippen LogP contribution in [0.25, 0.3) is 0 Å². The molecule has 2 saturated heterocycles. The molecule has 2 aliphatic heterocycles. The second-order valence-corrected chi connectivity index (χ2v) is 7.34. The minimum Gasteiger partial charge on any atom is -0.378 e. The molecule has 0 spiro atoms. The lowest BCUT2D eigenvalue weighted by atomic mass is 9.94. The molecule has 144 valence electrons. The van der Waals surface area contributed by atoms with E-state index in [4.69, 9.17) is 9.47 Å². The van der Waals surface area contributed by atoms with E-state index in [1.807, 2.05) is 25.7 Å². The van der Waals surface area contributed by atoms with Crippen LogP contribution in [0.5, 0.6) is 0 Å². The van der Waals surface area contributed by atoms with Gasteiger partial charge in [0, 0.05) is 38.2 Å². The first-order valence-electron chi connectivity index (χ1n) is 9.60. The first-order valence-corrected chi connectivity index (χ1v) is 9.60. The van der Waals surface area contributed by atoms with Gasteiger partial charge in [-0.05, 0) is 33.6 Å². The van der Waals surface area contributed by atoms with Gasteiger partial charge in [-0.1, -0.05) is 0 Å². The summed E-state index contributed by atoms with van der Waals surface area (Å²) in [6.07, 6.45) is 2.11. The van der Waals surface area contributed by atoms with Crippen molar-refractivity contribution in [2.75, 3.05) is 50.9 Å². The lowest BCUT2D eigenvalue weighted by Crippen LogP contribution is -2.41. The monoisotopic (exact) mass is 362 g/mol. The molecule has 0 aliphatic carbocycles. The first-order chi connectivity index (χ1) is 12.5. The summed E-state index contributed by atoms with van der Waals surface area (Å²) in [7, 11) is 0. The van der Waals surface area contributed by atoms with E-state index in [0.717, 1.165) is 63.0 Å². The molecule has 0 aromatic carbocycles. The smallest absolute Gasteiger partial charge is 0.248 e. The van der Waals surface area contributed by atoms with Crippen molar-refractivity contribution in [2.45, 2.75) is 45.6 Å². The van der Waals surface area contributed by atoms with Gasteiger partial charge in [-0.2, -0.15) is 0 Å². The van der Waals surface area contributed by atoms with Gasteiger partial charge in [0.25, 0.3) is 0 Å². The Kier molecular flexibility index (Phi) is 6.43. The molecule has 0 saturated carbocycles. The molecule has 26 heavy (non-hydrogen) atoms. The molecule has 7 nitrogen and oxygen atoms in total. The Balaban J connectivity index is 1.69. The lowest BCUT2D eigenvalue weighted by molar-refractivity contribution is -0.138. The third-order valence-electron chi connectivity index (χ3n) is 4.91. The Morgan fingerprint density at radius 2 is 2.08 bits per heavy atom. The zero-order valence-electron chi connectivity index (χ0n) is 16.1. The quantitative estimate of drug-likeness (QED) is 0.795. The minimum absolute atomic E-state index is 0.0696. The molecule has 7 heteroatoms. The molecule has 1 aromatic heterocycles. The number of amides is 1. The summed E-state index contributed by atoms with van der Waals surface area (Å²) in [6, 6.07) is 2.10. The minimum atomic E-state index is 0.0696. The molecule has 1 amide bonds. The van der Waals surface area contributed by atoms with Gasteiger partial charge in [-0.25, -0.2) is 9.97 Å². The number of nitrogens with zero attached hydrogens (tertiary/aromatic N) is 4. The predicted molar refractivity (Wildman–Crippen MR) is 99.4 cm³/mol. The summed E-state index contributed by atoms with van der Waals surface area (Å²) < 4.78 is 10.9. The van der Waals surface area contributed by atoms with E-state index in [1.54, 1.807) is 0 Å². The normalized spacial score (nSPS) is 21.3. The largest absolute Gasteiger partial charge is 0.378 e. The predicted octanol–water partition coefficient (Wildman–Crippen LogP) is 1.75. The molecule has 1 aromatic rings. The second kappa shape index (κ2) is 8.77. The van der Waals surface area contributed by atoms with Crippen LogP contribution >= 0.6 is 0 Å². The van der Waals surface area contributed by atoms with E-state index in [9.17, 15) is 4.79 Å². The molecule has 2 aliphatic rings. The molecular formula is C19H30N4O3. The van der Waals surface area contributed by atoms with E-state index < -0.39 is 0 Å². The molecule has 0 radical (unpaired) electrons. The van der Waals surface area contributed by atoms with Crippen molar-refractivity contribution >= 4 is 11.7 Å².